The van der Waals surface area contributed by atoms with E-state index in [1.807, 2.05) is 24.3 Å². The lowest BCUT2D eigenvalue weighted by atomic mass is 10.2. The maximum Gasteiger partial charge on any atom is 0.257 e. The van der Waals surface area contributed by atoms with Gasteiger partial charge in [0.2, 0.25) is 0 Å². The monoisotopic (exact) mass is 407 g/mol. The summed E-state index contributed by atoms with van der Waals surface area (Å²) in [4.78, 5) is 29.1. The van der Waals surface area contributed by atoms with Gasteiger partial charge >= 0.3 is 0 Å². The molecule has 2 amide bonds. The van der Waals surface area contributed by atoms with Gasteiger partial charge in [0.15, 0.2) is 5.13 Å². The highest BCUT2D eigenvalue weighted by Crippen LogP contribution is 2.28. The molecule has 0 aliphatic carbocycles. The van der Waals surface area contributed by atoms with Gasteiger partial charge in [-0.2, -0.15) is 0 Å². The van der Waals surface area contributed by atoms with Crippen LogP contribution in [0, 0.1) is 0 Å². The van der Waals surface area contributed by atoms with Gasteiger partial charge in [-0.15, -0.1) is 0 Å². The molecule has 0 atom stereocenters. The standard InChI is InChI=1S/C21H14ClN3O2S/c22-15-8-4-7-14(11-15)20(27)23-16-9-10-18-17(12-16)24-21(28-18)25-19(26)13-5-2-1-3-6-13/h1-12H,(H,23,27)(H,24,25,26). The first-order chi connectivity index (χ1) is 13.6. The number of fused-ring (bicyclic) bond motifs is 1. The Bertz CT molecular complexity index is 1170. The quantitative estimate of drug-likeness (QED) is 0.472. The van der Waals surface area contributed by atoms with Gasteiger partial charge in [-0.25, -0.2) is 4.98 Å². The SMILES string of the molecule is O=C(Nc1ccc2sc(NC(=O)c3ccccc3)nc2c1)c1cccc(Cl)c1. The predicted molar refractivity (Wildman–Crippen MR) is 113 cm³/mol. The van der Waals surface area contributed by atoms with Crippen molar-refractivity contribution in [2.24, 2.45) is 0 Å². The highest BCUT2D eigenvalue weighted by Gasteiger charge is 2.11. The molecule has 0 unspecified atom stereocenters. The number of rotatable bonds is 4. The van der Waals surface area contributed by atoms with Gasteiger partial charge < -0.3 is 5.32 Å². The first-order valence-corrected chi connectivity index (χ1v) is 9.62. The van der Waals surface area contributed by atoms with Gasteiger partial charge in [0.1, 0.15) is 0 Å². The minimum Gasteiger partial charge on any atom is -0.322 e. The van der Waals surface area contributed by atoms with E-state index in [2.05, 4.69) is 15.6 Å². The van der Waals surface area contributed by atoms with E-state index in [4.69, 9.17) is 11.6 Å². The zero-order chi connectivity index (χ0) is 19.5. The summed E-state index contributed by atoms with van der Waals surface area (Å²) in [6, 6.07) is 21.1. The molecule has 7 heteroatoms. The Kier molecular flexibility index (Phi) is 5.06. The number of thiazole rings is 1. The number of amides is 2. The van der Waals surface area contributed by atoms with Crippen LogP contribution in [0.15, 0.2) is 72.8 Å². The maximum absolute atomic E-state index is 12.4. The van der Waals surface area contributed by atoms with Gasteiger partial charge in [0.25, 0.3) is 11.8 Å². The summed E-state index contributed by atoms with van der Waals surface area (Å²) in [5.74, 6) is -0.469. The number of benzene rings is 3. The van der Waals surface area contributed by atoms with E-state index in [0.717, 1.165) is 4.70 Å². The molecule has 3 aromatic carbocycles. The Morgan fingerprint density at radius 2 is 1.57 bits per heavy atom. The second kappa shape index (κ2) is 7.80. The van der Waals surface area contributed by atoms with Crippen molar-refractivity contribution in [2.75, 3.05) is 10.6 Å². The molecule has 0 aliphatic rings. The van der Waals surface area contributed by atoms with Crippen LogP contribution in [0.3, 0.4) is 0 Å². The van der Waals surface area contributed by atoms with E-state index in [1.165, 1.54) is 11.3 Å². The fourth-order valence-corrected chi connectivity index (χ4v) is 3.68. The van der Waals surface area contributed by atoms with E-state index in [-0.39, 0.29) is 11.8 Å². The third-order valence-corrected chi connectivity index (χ3v) is 5.18. The fourth-order valence-electron chi connectivity index (χ4n) is 2.65. The summed E-state index contributed by atoms with van der Waals surface area (Å²) in [5.41, 5.74) is 2.35. The number of hydrogen-bond acceptors (Lipinski definition) is 4. The van der Waals surface area contributed by atoms with Crippen LogP contribution in [0.5, 0.6) is 0 Å². The van der Waals surface area contributed by atoms with Gasteiger partial charge in [-0.3, -0.25) is 14.9 Å². The predicted octanol–water partition coefficient (Wildman–Crippen LogP) is 5.45. The maximum atomic E-state index is 12.4. The van der Waals surface area contributed by atoms with E-state index in [1.54, 1.807) is 48.5 Å². The summed E-state index contributed by atoms with van der Waals surface area (Å²) in [7, 11) is 0. The summed E-state index contributed by atoms with van der Waals surface area (Å²) in [6.45, 7) is 0. The Balaban J connectivity index is 1.52. The number of halogens is 1. The van der Waals surface area contributed by atoms with Crippen molar-refractivity contribution in [3.05, 3.63) is 88.9 Å². The lowest BCUT2D eigenvalue weighted by Gasteiger charge is -2.05. The van der Waals surface area contributed by atoms with Gasteiger partial charge in [0.05, 0.1) is 10.2 Å². The molecule has 0 radical (unpaired) electrons. The number of nitrogens with one attached hydrogen (secondary N) is 2. The van der Waals surface area contributed by atoms with Crippen molar-refractivity contribution >= 4 is 55.8 Å². The molecule has 1 heterocycles. The molecule has 5 nitrogen and oxygen atoms in total. The highest BCUT2D eigenvalue weighted by molar-refractivity contribution is 7.22. The average Bonchev–Trinajstić information content (AvgIpc) is 3.10. The molecule has 2 N–H and O–H groups in total. The number of carbonyl (C=O) groups is 2. The summed E-state index contributed by atoms with van der Waals surface area (Å²) >= 11 is 7.31. The van der Waals surface area contributed by atoms with Crippen LogP contribution in [0.2, 0.25) is 5.02 Å². The summed E-state index contributed by atoms with van der Waals surface area (Å²) in [6.07, 6.45) is 0. The lowest BCUT2D eigenvalue weighted by molar-refractivity contribution is 0.101. The van der Waals surface area contributed by atoms with Crippen LogP contribution in [0.1, 0.15) is 20.7 Å². The minimum absolute atomic E-state index is 0.214. The Morgan fingerprint density at radius 3 is 2.36 bits per heavy atom. The third-order valence-electron chi connectivity index (χ3n) is 3.99. The van der Waals surface area contributed by atoms with Crippen molar-refractivity contribution < 1.29 is 9.59 Å². The van der Waals surface area contributed by atoms with Crippen molar-refractivity contribution in [2.45, 2.75) is 0 Å². The largest absolute Gasteiger partial charge is 0.322 e. The van der Waals surface area contributed by atoms with Crippen LogP contribution >= 0.6 is 22.9 Å². The molecular formula is C21H14ClN3O2S. The average molecular weight is 408 g/mol. The number of nitrogens with zero attached hydrogens (tertiary/aromatic N) is 1. The number of aromatic nitrogens is 1. The molecule has 28 heavy (non-hydrogen) atoms. The molecule has 4 aromatic rings. The van der Waals surface area contributed by atoms with E-state index in [0.29, 0.717) is 32.5 Å². The Morgan fingerprint density at radius 1 is 0.821 bits per heavy atom. The molecule has 1 aromatic heterocycles. The smallest absolute Gasteiger partial charge is 0.257 e. The van der Waals surface area contributed by atoms with Crippen LogP contribution in [0.4, 0.5) is 10.8 Å². The molecule has 0 aliphatic heterocycles. The number of carbonyl (C=O) groups excluding carboxylic acids is 2. The zero-order valence-corrected chi connectivity index (χ0v) is 16.1. The van der Waals surface area contributed by atoms with Crippen molar-refractivity contribution in [1.82, 2.24) is 4.98 Å². The van der Waals surface area contributed by atoms with Crippen molar-refractivity contribution in [3.63, 3.8) is 0 Å². The summed E-state index contributed by atoms with van der Waals surface area (Å²) in [5, 5.41) is 6.64. The first kappa shape index (κ1) is 18.2. The van der Waals surface area contributed by atoms with Gasteiger partial charge in [-0.1, -0.05) is 47.2 Å². The Hall–Kier alpha value is -3.22. The minimum atomic E-state index is -0.255. The molecule has 4 rings (SSSR count). The topological polar surface area (TPSA) is 71.1 Å². The third kappa shape index (κ3) is 4.03. The summed E-state index contributed by atoms with van der Waals surface area (Å²) < 4.78 is 0.907. The number of anilines is 2. The molecule has 0 saturated heterocycles. The lowest BCUT2D eigenvalue weighted by Crippen LogP contribution is -2.11. The zero-order valence-electron chi connectivity index (χ0n) is 14.5. The van der Waals surface area contributed by atoms with Crippen molar-refractivity contribution in [1.29, 1.82) is 0 Å². The van der Waals surface area contributed by atoms with Gasteiger partial charge in [-0.05, 0) is 48.5 Å². The molecule has 0 spiro atoms. The van der Waals surface area contributed by atoms with Crippen LogP contribution in [-0.2, 0) is 0 Å². The Labute approximate surface area is 170 Å². The van der Waals surface area contributed by atoms with Crippen LogP contribution < -0.4 is 10.6 Å². The van der Waals surface area contributed by atoms with Gasteiger partial charge in [0, 0.05) is 21.8 Å². The van der Waals surface area contributed by atoms with E-state index in [9.17, 15) is 9.59 Å². The second-order valence-corrected chi connectivity index (χ2v) is 7.45. The molecular weight excluding hydrogens is 394 g/mol. The van der Waals surface area contributed by atoms with Crippen molar-refractivity contribution in [3.8, 4) is 0 Å². The fraction of sp³-hybridized carbons (Fsp3) is 0. The number of hydrogen-bond donors (Lipinski definition) is 2. The molecule has 0 bridgehead atoms. The molecule has 138 valence electrons. The second-order valence-electron chi connectivity index (χ2n) is 5.99. The normalized spacial score (nSPS) is 10.6. The molecule has 0 fully saturated rings. The van der Waals surface area contributed by atoms with Crippen LogP contribution in [-0.4, -0.2) is 16.8 Å². The van der Waals surface area contributed by atoms with Crippen LogP contribution in [0.25, 0.3) is 10.2 Å². The highest BCUT2D eigenvalue weighted by atomic mass is 35.5. The van der Waals surface area contributed by atoms with E-state index < -0.39 is 0 Å². The first-order valence-electron chi connectivity index (χ1n) is 8.42. The molecule has 0 saturated carbocycles. The van der Waals surface area contributed by atoms with E-state index >= 15 is 0 Å².